The third-order valence-electron chi connectivity index (χ3n) is 4.53. The number of likely N-dealkylation sites (tertiary alicyclic amines) is 1. The average molecular weight is 317 g/mol. The number of hydrogen-bond donors (Lipinski definition) is 1. The first-order chi connectivity index (χ1) is 9.79. The third kappa shape index (κ3) is 5.24. The van der Waals surface area contributed by atoms with Gasteiger partial charge in [-0.3, -0.25) is 9.69 Å². The molecular weight excluding hydrogens is 288 g/mol. The van der Waals surface area contributed by atoms with Gasteiger partial charge in [0.1, 0.15) is 6.04 Å². The Morgan fingerprint density at radius 2 is 1.65 bits per heavy atom. The molecule has 0 aromatic heterocycles. The molecule has 0 bridgehead atoms. The van der Waals surface area contributed by atoms with E-state index in [-0.39, 0.29) is 6.04 Å². The van der Waals surface area contributed by atoms with Gasteiger partial charge in [0.05, 0.1) is 0 Å². The highest BCUT2D eigenvalue weighted by Crippen LogP contribution is 2.46. The number of carbonyl (C=O) groups is 1. The van der Waals surface area contributed by atoms with Crippen LogP contribution < -0.4 is 0 Å². The summed E-state index contributed by atoms with van der Waals surface area (Å²) >= 11 is 0. The van der Waals surface area contributed by atoms with Crippen LogP contribution in [0, 0.1) is 0 Å². The molecule has 5 heteroatoms. The molecule has 0 amide bonds. The van der Waals surface area contributed by atoms with Crippen molar-refractivity contribution in [2.45, 2.75) is 76.0 Å². The normalized spacial score (nSPS) is 33.8. The molecule has 0 aliphatic carbocycles. The Morgan fingerprint density at radius 3 is 2.40 bits per heavy atom. The van der Waals surface area contributed by atoms with E-state index in [9.17, 15) is 9.90 Å². The van der Waals surface area contributed by atoms with E-state index in [1.54, 1.807) is 0 Å². The molecule has 0 saturated carbocycles. The maximum absolute atomic E-state index is 11.4. The van der Waals surface area contributed by atoms with Crippen molar-refractivity contribution in [2.24, 2.45) is 0 Å². The lowest BCUT2D eigenvalue weighted by atomic mass is 10.1. The van der Waals surface area contributed by atoms with Crippen LogP contribution >= 0.6 is 16.5 Å². The average Bonchev–Trinajstić information content (AvgIpc) is 2.88. The van der Waals surface area contributed by atoms with Crippen molar-refractivity contribution >= 4 is 22.5 Å². The predicted octanol–water partition coefficient (Wildman–Crippen LogP) is 4.27. The highest BCUT2D eigenvalue weighted by molar-refractivity contribution is 8.12. The first-order valence-electron chi connectivity index (χ1n) is 8.26. The summed E-state index contributed by atoms with van der Waals surface area (Å²) in [5, 5.41) is 9.39. The van der Waals surface area contributed by atoms with E-state index in [1.807, 2.05) is 0 Å². The SMILES string of the molecule is O=C(O)[C@H]1CCCN1C1CCCCCCCCCPP1. The smallest absolute Gasteiger partial charge is 0.320 e. The largest absolute Gasteiger partial charge is 0.480 e. The second kappa shape index (κ2) is 9.34. The van der Waals surface area contributed by atoms with Crippen LogP contribution in [0.2, 0.25) is 0 Å². The lowest BCUT2D eigenvalue weighted by molar-refractivity contribution is -0.142. The summed E-state index contributed by atoms with van der Waals surface area (Å²) in [6.45, 7) is 1.01. The first-order valence-corrected chi connectivity index (χ1v) is 11.5. The zero-order valence-electron chi connectivity index (χ0n) is 12.4. The van der Waals surface area contributed by atoms with Gasteiger partial charge >= 0.3 is 5.97 Å². The van der Waals surface area contributed by atoms with E-state index >= 15 is 0 Å². The fourth-order valence-corrected chi connectivity index (χ4v) is 7.60. The number of carboxylic acids is 1. The zero-order chi connectivity index (χ0) is 14.2. The summed E-state index contributed by atoms with van der Waals surface area (Å²) in [6.07, 6.45) is 14.2. The number of nitrogens with zero attached hydrogens (tertiary/aromatic N) is 1. The number of aliphatic carboxylic acids is 1. The standard InChI is InChI=1S/C15H29NO2P2/c17-15(18)13-9-8-11-16(13)14-10-6-4-2-1-3-5-7-12-19-20-14/h13-14,19-20H,1-12H2,(H,17,18)/t13-,14?/m1/s1. The second-order valence-corrected chi connectivity index (χ2v) is 9.82. The number of hydrogen-bond acceptors (Lipinski definition) is 2. The van der Waals surface area contributed by atoms with Gasteiger partial charge < -0.3 is 5.11 Å². The van der Waals surface area contributed by atoms with E-state index in [4.69, 9.17) is 0 Å². The molecule has 2 heterocycles. The van der Waals surface area contributed by atoms with E-state index in [2.05, 4.69) is 4.90 Å². The Balaban J connectivity index is 1.89. The van der Waals surface area contributed by atoms with Crippen LogP contribution in [0.4, 0.5) is 0 Å². The van der Waals surface area contributed by atoms with Gasteiger partial charge in [-0.2, -0.15) is 0 Å². The maximum atomic E-state index is 11.4. The van der Waals surface area contributed by atoms with Crippen molar-refractivity contribution in [1.29, 1.82) is 0 Å². The number of carboxylic acid groups (broad SMARTS) is 1. The molecule has 2 aliphatic rings. The topological polar surface area (TPSA) is 40.5 Å². The van der Waals surface area contributed by atoms with Crippen molar-refractivity contribution in [3.63, 3.8) is 0 Å². The van der Waals surface area contributed by atoms with Crippen LogP contribution in [0.1, 0.15) is 64.2 Å². The zero-order valence-corrected chi connectivity index (χ0v) is 14.4. The Hall–Kier alpha value is 0.290. The molecule has 0 aromatic carbocycles. The Labute approximate surface area is 126 Å². The van der Waals surface area contributed by atoms with Gasteiger partial charge in [0.2, 0.25) is 0 Å². The monoisotopic (exact) mass is 317 g/mol. The minimum atomic E-state index is -0.596. The molecule has 2 fully saturated rings. The van der Waals surface area contributed by atoms with Gasteiger partial charge in [0.25, 0.3) is 0 Å². The van der Waals surface area contributed by atoms with Crippen LogP contribution in [0.5, 0.6) is 0 Å². The first kappa shape index (κ1) is 16.7. The van der Waals surface area contributed by atoms with E-state index in [0.717, 1.165) is 35.9 Å². The fraction of sp³-hybridized carbons (Fsp3) is 0.933. The van der Waals surface area contributed by atoms with Gasteiger partial charge in [0, 0.05) is 5.78 Å². The third-order valence-corrected chi connectivity index (χ3v) is 8.65. The van der Waals surface area contributed by atoms with Crippen molar-refractivity contribution in [3.8, 4) is 0 Å². The van der Waals surface area contributed by atoms with Gasteiger partial charge in [0.15, 0.2) is 0 Å². The lowest BCUT2D eigenvalue weighted by Gasteiger charge is -2.31. The minimum absolute atomic E-state index is 0.190. The quantitative estimate of drug-likeness (QED) is 0.773. The van der Waals surface area contributed by atoms with Crippen LogP contribution in [0.3, 0.4) is 0 Å². The van der Waals surface area contributed by atoms with Crippen LogP contribution in [-0.4, -0.2) is 40.5 Å². The summed E-state index contributed by atoms with van der Waals surface area (Å²) in [7, 11) is 2.03. The van der Waals surface area contributed by atoms with Crippen molar-refractivity contribution in [3.05, 3.63) is 0 Å². The molecule has 2 rings (SSSR count). The lowest BCUT2D eigenvalue weighted by Crippen LogP contribution is -2.41. The molecule has 0 aromatic rings. The molecule has 0 spiro atoms. The summed E-state index contributed by atoms with van der Waals surface area (Å²) in [5.41, 5.74) is 0. The molecule has 2 aliphatic heterocycles. The highest BCUT2D eigenvalue weighted by Gasteiger charge is 2.34. The minimum Gasteiger partial charge on any atom is -0.480 e. The van der Waals surface area contributed by atoms with Gasteiger partial charge in [-0.15, -0.1) is 0 Å². The Bertz CT molecular complexity index is 290. The molecule has 20 heavy (non-hydrogen) atoms. The highest BCUT2D eigenvalue weighted by atomic mass is 32.0. The molecule has 2 saturated heterocycles. The van der Waals surface area contributed by atoms with Crippen LogP contribution in [0.25, 0.3) is 0 Å². The Morgan fingerprint density at radius 1 is 0.950 bits per heavy atom. The molecule has 3 unspecified atom stereocenters. The molecule has 116 valence electrons. The fourth-order valence-electron chi connectivity index (χ4n) is 3.37. The van der Waals surface area contributed by atoms with E-state index in [1.165, 1.54) is 57.5 Å². The maximum Gasteiger partial charge on any atom is 0.320 e. The van der Waals surface area contributed by atoms with Crippen molar-refractivity contribution in [1.82, 2.24) is 4.90 Å². The summed E-state index contributed by atoms with van der Waals surface area (Å²) in [5.74, 6) is -0.0295. The second-order valence-electron chi connectivity index (χ2n) is 6.08. The van der Waals surface area contributed by atoms with Crippen molar-refractivity contribution < 1.29 is 9.90 Å². The van der Waals surface area contributed by atoms with Crippen LogP contribution in [-0.2, 0) is 4.79 Å². The molecule has 1 N–H and O–H groups in total. The van der Waals surface area contributed by atoms with E-state index < -0.39 is 5.97 Å². The Kier molecular flexibility index (Phi) is 7.78. The summed E-state index contributed by atoms with van der Waals surface area (Å²) < 4.78 is 0. The summed E-state index contributed by atoms with van der Waals surface area (Å²) in [6, 6.07) is -0.190. The number of rotatable bonds is 2. The van der Waals surface area contributed by atoms with Gasteiger partial charge in [-0.05, 0) is 38.4 Å². The molecule has 3 nitrogen and oxygen atoms in total. The molecule has 0 radical (unpaired) electrons. The molecular formula is C15H29NO2P2. The van der Waals surface area contributed by atoms with Crippen LogP contribution in [0.15, 0.2) is 0 Å². The van der Waals surface area contributed by atoms with E-state index in [0.29, 0.717) is 5.78 Å². The molecule has 4 atom stereocenters. The summed E-state index contributed by atoms with van der Waals surface area (Å²) in [4.78, 5) is 13.7. The van der Waals surface area contributed by atoms with Gasteiger partial charge in [-0.1, -0.05) is 55.1 Å². The van der Waals surface area contributed by atoms with Crippen molar-refractivity contribution in [2.75, 3.05) is 12.7 Å². The predicted molar refractivity (Wildman–Crippen MR) is 89.6 cm³/mol. The van der Waals surface area contributed by atoms with Gasteiger partial charge in [-0.25, -0.2) is 0 Å².